The molecule has 0 aliphatic heterocycles. The van der Waals surface area contributed by atoms with Gasteiger partial charge in [0.25, 0.3) is 0 Å². The summed E-state index contributed by atoms with van der Waals surface area (Å²) in [5.74, 6) is 1.79. The molecule has 3 rings (SSSR count). The van der Waals surface area contributed by atoms with Crippen LogP contribution < -0.4 is 11.1 Å². The van der Waals surface area contributed by atoms with Crippen LogP contribution in [0.15, 0.2) is 42.5 Å². The lowest BCUT2D eigenvalue weighted by Gasteiger charge is -2.17. The summed E-state index contributed by atoms with van der Waals surface area (Å²) in [5, 5.41) is 14.9. The van der Waals surface area contributed by atoms with E-state index in [2.05, 4.69) is 29.1 Å². The minimum atomic E-state index is 0.0211. The minimum absolute atomic E-state index is 0.0211. The number of aromatic nitrogens is 2. The number of benzene rings is 2. The number of nitrogens with two attached hydrogens (primary N) is 1. The first kappa shape index (κ1) is 18.4. The van der Waals surface area contributed by atoms with E-state index in [4.69, 9.17) is 17.3 Å². The highest BCUT2D eigenvalue weighted by molar-refractivity contribution is 6.31. The summed E-state index contributed by atoms with van der Waals surface area (Å²) in [5.41, 5.74) is 7.53. The van der Waals surface area contributed by atoms with Crippen molar-refractivity contribution in [2.45, 2.75) is 26.3 Å². The molecule has 6 heteroatoms. The lowest BCUT2D eigenvalue weighted by atomic mass is 10.0. The van der Waals surface area contributed by atoms with Crippen molar-refractivity contribution in [2.75, 3.05) is 11.9 Å². The number of rotatable bonds is 6. The molecule has 0 fully saturated rings. The average Bonchev–Trinajstić information content (AvgIpc) is 2.59. The Kier molecular flexibility index (Phi) is 5.59. The Hall–Kier alpha value is -2.37. The third kappa shape index (κ3) is 4.23. The number of nitrogens with one attached hydrogen (secondary N) is 1. The molecule has 1 atom stereocenters. The highest BCUT2D eigenvalue weighted by Crippen LogP contribution is 2.31. The topological polar surface area (TPSA) is 84.1 Å². The zero-order valence-corrected chi connectivity index (χ0v) is 15.7. The van der Waals surface area contributed by atoms with Crippen LogP contribution in [0.1, 0.15) is 20.3 Å². The summed E-state index contributed by atoms with van der Waals surface area (Å²) >= 11 is 6.16. The Morgan fingerprint density at radius 3 is 2.65 bits per heavy atom. The number of hydrogen-bond donors (Lipinski definition) is 3. The van der Waals surface area contributed by atoms with E-state index in [9.17, 15) is 5.11 Å². The molecule has 0 saturated heterocycles. The van der Waals surface area contributed by atoms with E-state index >= 15 is 0 Å². The van der Waals surface area contributed by atoms with Crippen molar-refractivity contribution in [3.63, 3.8) is 0 Å². The Bertz CT molecular complexity index is 913. The highest BCUT2D eigenvalue weighted by Gasteiger charge is 2.14. The molecule has 3 aromatic rings. The molecule has 2 aromatic carbocycles. The number of phenolic OH excluding ortho intramolecular Hbond substituents is 1. The molecule has 4 N–H and O–H groups in total. The highest BCUT2D eigenvalue weighted by atomic mass is 35.5. The molecular weight excluding hydrogens is 348 g/mol. The fourth-order valence-electron chi connectivity index (χ4n) is 2.94. The van der Waals surface area contributed by atoms with E-state index in [1.807, 2.05) is 18.2 Å². The van der Waals surface area contributed by atoms with Crippen molar-refractivity contribution in [1.82, 2.24) is 9.97 Å². The summed E-state index contributed by atoms with van der Waals surface area (Å²) < 4.78 is 0. The Morgan fingerprint density at radius 2 is 1.92 bits per heavy atom. The van der Waals surface area contributed by atoms with Gasteiger partial charge in [0.1, 0.15) is 11.6 Å². The smallest absolute Gasteiger partial charge is 0.165 e. The Balaban J connectivity index is 2.01. The molecule has 136 valence electrons. The molecular formula is C20H23ClN4O. The number of hydrogen-bond acceptors (Lipinski definition) is 5. The second kappa shape index (κ2) is 7.89. The zero-order chi connectivity index (χ0) is 18.7. The summed E-state index contributed by atoms with van der Waals surface area (Å²) in [4.78, 5) is 9.21. The number of anilines is 1. The van der Waals surface area contributed by atoms with Gasteiger partial charge in [-0.05, 0) is 42.7 Å². The van der Waals surface area contributed by atoms with Gasteiger partial charge in [-0.25, -0.2) is 9.97 Å². The standard InChI is InChI=1S/C20H23ClN4O/c1-12(2)9-14(22)11-23-19-16-10-13(21)7-8-17(16)24-20(25-19)15-5-3-4-6-18(15)26/h3-8,10,12,14,26H,9,11,22H2,1-2H3,(H,23,24,25)/t14-/m0/s1. The zero-order valence-electron chi connectivity index (χ0n) is 14.9. The Morgan fingerprint density at radius 1 is 1.15 bits per heavy atom. The van der Waals surface area contributed by atoms with Gasteiger partial charge in [-0.15, -0.1) is 0 Å². The van der Waals surface area contributed by atoms with Crippen LogP contribution in [0.5, 0.6) is 5.75 Å². The fraction of sp³-hybridized carbons (Fsp3) is 0.300. The van der Waals surface area contributed by atoms with Gasteiger partial charge in [0.2, 0.25) is 0 Å². The van der Waals surface area contributed by atoms with E-state index in [1.54, 1.807) is 24.3 Å². The SMILES string of the molecule is CC(C)C[C@H](N)CNc1nc(-c2ccccc2O)nc2ccc(Cl)cc12. The number of phenols is 1. The van der Waals surface area contributed by atoms with Crippen molar-refractivity contribution in [3.05, 3.63) is 47.5 Å². The van der Waals surface area contributed by atoms with Gasteiger partial charge in [0.15, 0.2) is 5.82 Å². The van der Waals surface area contributed by atoms with E-state index in [0.29, 0.717) is 34.7 Å². The minimum Gasteiger partial charge on any atom is -0.507 e. The van der Waals surface area contributed by atoms with Crippen molar-refractivity contribution in [2.24, 2.45) is 11.7 Å². The van der Waals surface area contributed by atoms with Crippen LogP contribution in [0.25, 0.3) is 22.3 Å². The molecule has 0 aliphatic carbocycles. The van der Waals surface area contributed by atoms with Gasteiger partial charge in [-0.2, -0.15) is 0 Å². The summed E-state index contributed by atoms with van der Waals surface area (Å²) in [6.07, 6.45) is 0.920. The molecule has 0 aliphatic rings. The van der Waals surface area contributed by atoms with Gasteiger partial charge >= 0.3 is 0 Å². The third-order valence-electron chi connectivity index (χ3n) is 4.11. The predicted molar refractivity (Wildman–Crippen MR) is 108 cm³/mol. The van der Waals surface area contributed by atoms with E-state index in [0.717, 1.165) is 17.3 Å². The normalized spacial score (nSPS) is 12.5. The first-order chi connectivity index (χ1) is 12.4. The molecule has 0 spiro atoms. The molecule has 5 nitrogen and oxygen atoms in total. The van der Waals surface area contributed by atoms with Crippen molar-refractivity contribution < 1.29 is 5.11 Å². The van der Waals surface area contributed by atoms with Crippen LogP contribution in [-0.4, -0.2) is 27.7 Å². The second-order valence-electron chi connectivity index (χ2n) is 6.84. The van der Waals surface area contributed by atoms with E-state index in [-0.39, 0.29) is 11.8 Å². The first-order valence-corrected chi connectivity index (χ1v) is 9.07. The van der Waals surface area contributed by atoms with Gasteiger partial charge in [0.05, 0.1) is 11.1 Å². The third-order valence-corrected chi connectivity index (χ3v) is 4.34. The number of nitrogens with zero attached hydrogens (tertiary/aromatic N) is 2. The number of fused-ring (bicyclic) bond motifs is 1. The number of aromatic hydroxyl groups is 1. The number of halogens is 1. The van der Waals surface area contributed by atoms with Crippen LogP contribution in [-0.2, 0) is 0 Å². The monoisotopic (exact) mass is 370 g/mol. The van der Waals surface area contributed by atoms with Gasteiger partial charge in [0, 0.05) is 23.0 Å². The van der Waals surface area contributed by atoms with Crippen LogP contribution in [0, 0.1) is 5.92 Å². The number of para-hydroxylation sites is 1. The fourth-order valence-corrected chi connectivity index (χ4v) is 3.11. The summed E-state index contributed by atoms with van der Waals surface area (Å²) in [6.45, 7) is 4.89. The van der Waals surface area contributed by atoms with Crippen molar-refractivity contribution in [3.8, 4) is 17.1 Å². The molecule has 26 heavy (non-hydrogen) atoms. The molecule has 0 bridgehead atoms. The summed E-state index contributed by atoms with van der Waals surface area (Å²) in [7, 11) is 0. The predicted octanol–water partition coefficient (Wildman–Crippen LogP) is 4.44. The van der Waals surface area contributed by atoms with Crippen LogP contribution in [0.4, 0.5) is 5.82 Å². The van der Waals surface area contributed by atoms with E-state index < -0.39 is 0 Å². The Labute approximate surface area is 158 Å². The maximum atomic E-state index is 10.1. The van der Waals surface area contributed by atoms with Crippen molar-refractivity contribution >= 4 is 28.3 Å². The van der Waals surface area contributed by atoms with Gasteiger partial charge < -0.3 is 16.2 Å². The maximum Gasteiger partial charge on any atom is 0.165 e. The second-order valence-corrected chi connectivity index (χ2v) is 7.28. The molecule has 1 heterocycles. The molecule has 0 saturated carbocycles. The van der Waals surface area contributed by atoms with E-state index in [1.165, 1.54) is 0 Å². The average molecular weight is 371 g/mol. The van der Waals surface area contributed by atoms with Crippen LogP contribution in [0.3, 0.4) is 0 Å². The lowest BCUT2D eigenvalue weighted by molar-refractivity contribution is 0.477. The largest absolute Gasteiger partial charge is 0.507 e. The molecule has 0 amide bonds. The summed E-state index contributed by atoms with van der Waals surface area (Å²) in [6, 6.07) is 12.5. The lowest BCUT2D eigenvalue weighted by Crippen LogP contribution is -2.30. The first-order valence-electron chi connectivity index (χ1n) is 8.69. The van der Waals surface area contributed by atoms with Crippen molar-refractivity contribution in [1.29, 1.82) is 0 Å². The molecule has 0 radical (unpaired) electrons. The maximum absolute atomic E-state index is 10.1. The quantitative estimate of drug-likeness (QED) is 0.597. The van der Waals surface area contributed by atoms with Crippen LogP contribution >= 0.6 is 11.6 Å². The molecule has 1 aromatic heterocycles. The molecule has 0 unspecified atom stereocenters. The van der Waals surface area contributed by atoms with Crippen LogP contribution in [0.2, 0.25) is 5.02 Å². The van der Waals surface area contributed by atoms with Gasteiger partial charge in [-0.3, -0.25) is 0 Å². The van der Waals surface area contributed by atoms with Gasteiger partial charge in [-0.1, -0.05) is 37.6 Å².